The lowest BCUT2D eigenvalue weighted by Gasteiger charge is -2.31. The Kier molecular flexibility index (Phi) is 4.51. The number of rotatable bonds is 2. The average molecular weight is 231 g/mol. The van der Waals surface area contributed by atoms with Crippen molar-refractivity contribution in [2.75, 3.05) is 11.5 Å². The zero-order valence-electron chi connectivity index (χ0n) is 8.61. The molecule has 0 spiro atoms. The molecular formula is C11H19OS2. The second kappa shape index (κ2) is 5.66. The predicted molar refractivity (Wildman–Crippen MR) is 64.7 cm³/mol. The monoisotopic (exact) mass is 231 g/mol. The van der Waals surface area contributed by atoms with E-state index in [2.05, 4.69) is 0 Å². The van der Waals surface area contributed by atoms with Crippen LogP contribution in [0.5, 0.6) is 0 Å². The van der Waals surface area contributed by atoms with E-state index in [9.17, 15) is 5.11 Å². The molecule has 1 radical (unpaired) electrons. The van der Waals surface area contributed by atoms with Crippen molar-refractivity contribution in [3.05, 3.63) is 0 Å². The van der Waals surface area contributed by atoms with Crippen LogP contribution < -0.4 is 0 Å². The van der Waals surface area contributed by atoms with Gasteiger partial charge in [0, 0.05) is 10.5 Å². The molecule has 0 aromatic rings. The van der Waals surface area contributed by atoms with Crippen LogP contribution in [0.3, 0.4) is 0 Å². The lowest BCUT2D eigenvalue weighted by molar-refractivity contribution is 0.0778. The van der Waals surface area contributed by atoms with Crippen molar-refractivity contribution < 1.29 is 5.11 Å². The van der Waals surface area contributed by atoms with Gasteiger partial charge in [0.2, 0.25) is 0 Å². The van der Waals surface area contributed by atoms with Gasteiger partial charge in [0.25, 0.3) is 0 Å². The smallest absolute Gasteiger partial charge is 0.117 e. The van der Waals surface area contributed by atoms with E-state index in [1.807, 2.05) is 23.5 Å². The Hall–Kier alpha value is 0.660. The number of thioether (sulfide) groups is 2. The maximum absolute atomic E-state index is 12.2. The van der Waals surface area contributed by atoms with Crippen LogP contribution in [0.2, 0.25) is 0 Å². The highest BCUT2D eigenvalue weighted by Crippen LogP contribution is 2.36. The van der Waals surface area contributed by atoms with Crippen LogP contribution >= 0.6 is 23.5 Å². The molecule has 2 aliphatic rings. The van der Waals surface area contributed by atoms with E-state index in [0.717, 1.165) is 0 Å². The summed E-state index contributed by atoms with van der Waals surface area (Å²) in [5.74, 6) is 2.45. The van der Waals surface area contributed by atoms with Gasteiger partial charge in [-0.3, -0.25) is 0 Å². The highest BCUT2D eigenvalue weighted by atomic mass is 32.2. The van der Waals surface area contributed by atoms with Gasteiger partial charge in [-0.25, -0.2) is 5.11 Å². The van der Waals surface area contributed by atoms with Gasteiger partial charge in [0.1, 0.15) is 6.10 Å². The fraction of sp³-hybridized carbons (Fsp3) is 1.00. The van der Waals surface area contributed by atoms with Crippen LogP contribution in [0.1, 0.15) is 38.5 Å². The molecule has 1 nitrogen and oxygen atoms in total. The van der Waals surface area contributed by atoms with E-state index in [4.69, 9.17) is 0 Å². The minimum absolute atomic E-state index is 0.286. The highest BCUT2D eigenvalue weighted by molar-refractivity contribution is 8.00. The first-order chi connectivity index (χ1) is 6.88. The first-order valence-electron chi connectivity index (χ1n) is 5.77. The van der Waals surface area contributed by atoms with Crippen molar-refractivity contribution in [1.29, 1.82) is 0 Å². The van der Waals surface area contributed by atoms with Crippen LogP contribution in [0.4, 0.5) is 0 Å². The molecule has 0 aromatic heterocycles. The first-order valence-corrected chi connectivity index (χ1v) is 7.87. The lowest BCUT2D eigenvalue weighted by Crippen LogP contribution is -2.35. The van der Waals surface area contributed by atoms with E-state index in [1.165, 1.54) is 50.0 Å². The quantitative estimate of drug-likeness (QED) is 0.726. The predicted octanol–water partition coefficient (Wildman–Crippen LogP) is 3.36. The van der Waals surface area contributed by atoms with Crippen molar-refractivity contribution in [1.82, 2.24) is 0 Å². The van der Waals surface area contributed by atoms with Crippen molar-refractivity contribution in [3.63, 3.8) is 0 Å². The third kappa shape index (κ3) is 2.83. The molecule has 2 aliphatic heterocycles. The van der Waals surface area contributed by atoms with Gasteiger partial charge < -0.3 is 0 Å². The molecule has 0 N–H and O–H groups in total. The van der Waals surface area contributed by atoms with Crippen molar-refractivity contribution in [2.45, 2.75) is 55.1 Å². The molecule has 0 aliphatic carbocycles. The van der Waals surface area contributed by atoms with Gasteiger partial charge in [-0.05, 0) is 37.2 Å². The fourth-order valence-electron chi connectivity index (χ4n) is 2.29. The molecule has 2 rings (SSSR count). The molecule has 2 saturated heterocycles. The van der Waals surface area contributed by atoms with Crippen molar-refractivity contribution in [2.24, 2.45) is 0 Å². The Bertz CT molecular complexity index is 145. The molecule has 81 valence electrons. The summed E-state index contributed by atoms with van der Waals surface area (Å²) in [6.07, 6.45) is 7.29. The average Bonchev–Trinajstić information content (AvgIpc) is 2.30. The summed E-state index contributed by atoms with van der Waals surface area (Å²) in [4.78, 5) is 0. The van der Waals surface area contributed by atoms with Gasteiger partial charge in [0.15, 0.2) is 0 Å². The summed E-state index contributed by atoms with van der Waals surface area (Å²) in [6.45, 7) is 0. The second-order valence-corrected chi connectivity index (χ2v) is 6.97. The minimum atomic E-state index is -0.286. The molecule has 14 heavy (non-hydrogen) atoms. The molecule has 2 heterocycles. The maximum Gasteiger partial charge on any atom is 0.117 e. The molecule has 2 atom stereocenters. The third-order valence-corrected chi connectivity index (χ3v) is 6.08. The van der Waals surface area contributed by atoms with Crippen LogP contribution in [-0.2, 0) is 5.11 Å². The Labute approximate surface area is 95.4 Å². The summed E-state index contributed by atoms with van der Waals surface area (Å²) in [7, 11) is 0. The molecule has 0 amide bonds. The standard InChI is InChI=1S/C11H19OS2/c12-11(9-5-1-3-7-13-9)10-6-2-4-8-14-10/h9-11H,1-8H2. The Morgan fingerprint density at radius 1 is 0.857 bits per heavy atom. The van der Waals surface area contributed by atoms with Gasteiger partial charge in [0.05, 0.1) is 0 Å². The van der Waals surface area contributed by atoms with Crippen LogP contribution in [0.25, 0.3) is 0 Å². The summed E-state index contributed by atoms with van der Waals surface area (Å²) in [5, 5.41) is 13.1. The second-order valence-electron chi connectivity index (χ2n) is 4.27. The topological polar surface area (TPSA) is 19.9 Å². The number of hydrogen-bond acceptors (Lipinski definition) is 2. The molecule has 2 fully saturated rings. The molecular weight excluding hydrogens is 212 g/mol. The van der Waals surface area contributed by atoms with Gasteiger partial charge in [-0.2, -0.15) is 23.5 Å². The van der Waals surface area contributed by atoms with E-state index in [-0.39, 0.29) is 6.10 Å². The van der Waals surface area contributed by atoms with E-state index >= 15 is 0 Å². The largest absolute Gasteiger partial charge is 0.231 e. The maximum atomic E-state index is 12.2. The lowest BCUT2D eigenvalue weighted by atomic mass is 10.0. The van der Waals surface area contributed by atoms with Crippen molar-refractivity contribution in [3.8, 4) is 0 Å². The van der Waals surface area contributed by atoms with Crippen molar-refractivity contribution >= 4 is 23.5 Å². The van der Waals surface area contributed by atoms with Gasteiger partial charge in [-0.1, -0.05) is 12.8 Å². The van der Waals surface area contributed by atoms with E-state index in [1.54, 1.807) is 0 Å². The zero-order chi connectivity index (χ0) is 9.80. The molecule has 0 saturated carbocycles. The van der Waals surface area contributed by atoms with E-state index < -0.39 is 0 Å². The highest BCUT2D eigenvalue weighted by Gasteiger charge is 2.31. The Morgan fingerprint density at radius 3 is 1.71 bits per heavy atom. The third-order valence-electron chi connectivity index (χ3n) is 3.16. The normalized spacial score (nSPS) is 36.6. The zero-order valence-corrected chi connectivity index (χ0v) is 10.2. The van der Waals surface area contributed by atoms with E-state index in [0.29, 0.717) is 10.5 Å². The van der Waals surface area contributed by atoms with Crippen LogP contribution in [-0.4, -0.2) is 28.1 Å². The Balaban J connectivity index is 1.82. The SMILES string of the molecule is [O]C(C1CCCCS1)C1CCCCS1. The van der Waals surface area contributed by atoms with Gasteiger partial charge >= 0.3 is 0 Å². The van der Waals surface area contributed by atoms with Gasteiger partial charge in [-0.15, -0.1) is 0 Å². The summed E-state index contributed by atoms with van der Waals surface area (Å²) in [5.41, 5.74) is 0. The summed E-state index contributed by atoms with van der Waals surface area (Å²) >= 11 is 3.88. The summed E-state index contributed by atoms with van der Waals surface area (Å²) < 4.78 is 0. The van der Waals surface area contributed by atoms with Crippen LogP contribution in [0.15, 0.2) is 0 Å². The fourth-order valence-corrected chi connectivity index (χ4v) is 5.16. The van der Waals surface area contributed by atoms with Crippen LogP contribution in [0, 0.1) is 0 Å². The Morgan fingerprint density at radius 2 is 1.36 bits per heavy atom. The number of hydrogen-bond donors (Lipinski definition) is 0. The minimum Gasteiger partial charge on any atom is -0.231 e. The first kappa shape index (κ1) is 11.2. The molecule has 0 aromatic carbocycles. The molecule has 0 bridgehead atoms. The summed E-state index contributed by atoms with van der Waals surface area (Å²) in [6, 6.07) is 0. The molecule has 2 unspecified atom stereocenters. The molecule has 3 heteroatoms.